The number of amides is 1. The average molecular weight is 388 g/mol. The molecule has 0 aliphatic carbocycles. The Hall–Kier alpha value is -3.74. The number of carbonyl (C=O) groups excluding carboxylic acids is 1. The summed E-state index contributed by atoms with van der Waals surface area (Å²) < 4.78 is 6.61. The van der Waals surface area contributed by atoms with Gasteiger partial charge < -0.3 is 14.4 Å². The Morgan fingerprint density at radius 1 is 1.17 bits per heavy atom. The molecule has 0 saturated carbocycles. The highest BCUT2D eigenvalue weighted by Gasteiger charge is 2.12. The number of nitrogens with one attached hydrogen (secondary N) is 1. The second kappa shape index (κ2) is 7.35. The summed E-state index contributed by atoms with van der Waals surface area (Å²) >= 11 is 0. The van der Waals surface area contributed by atoms with Crippen molar-refractivity contribution in [3.8, 4) is 11.1 Å². The van der Waals surface area contributed by atoms with Gasteiger partial charge in [0.2, 0.25) is 0 Å². The second-order valence-corrected chi connectivity index (χ2v) is 6.91. The largest absolute Gasteiger partial charge is 0.364 e. The van der Waals surface area contributed by atoms with Gasteiger partial charge in [0.25, 0.3) is 11.5 Å². The summed E-state index contributed by atoms with van der Waals surface area (Å²) in [6, 6.07) is 11.2. The predicted molar refractivity (Wildman–Crippen MR) is 110 cm³/mol. The molecule has 0 bridgehead atoms. The maximum atomic E-state index is 13.0. The van der Waals surface area contributed by atoms with E-state index in [0.29, 0.717) is 16.8 Å². The topological polar surface area (TPSA) is 90.0 Å². The summed E-state index contributed by atoms with van der Waals surface area (Å²) in [4.78, 5) is 29.4. The van der Waals surface area contributed by atoms with Crippen LogP contribution in [0, 0.1) is 13.8 Å². The monoisotopic (exact) mass is 388 g/mol. The van der Waals surface area contributed by atoms with Crippen molar-refractivity contribution in [2.24, 2.45) is 0 Å². The second-order valence-electron chi connectivity index (χ2n) is 6.91. The van der Waals surface area contributed by atoms with Gasteiger partial charge in [0, 0.05) is 24.2 Å². The van der Waals surface area contributed by atoms with Gasteiger partial charge in [0.1, 0.15) is 12.0 Å². The lowest BCUT2D eigenvalue weighted by Crippen LogP contribution is -2.23. The van der Waals surface area contributed by atoms with Gasteiger partial charge >= 0.3 is 0 Å². The molecule has 29 heavy (non-hydrogen) atoms. The van der Waals surface area contributed by atoms with Crippen LogP contribution in [0.5, 0.6) is 0 Å². The summed E-state index contributed by atoms with van der Waals surface area (Å²) in [7, 11) is 1.57. The summed E-state index contributed by atoms with van der Waals surface area (Å²) in [6.45, 7) is 3.99. The molecule has 7 heteroatoms. The third-order valence-corrected chi connectivity index (χ3v) is 4.97. The zero-order chi connectivity index (χ0) is 20.5. The Morgan fingerprint density at radius 2 is 2.00 bits per heavy atom. The van der Waals surface area contributed by atoms with E-state index in [4.69, 9.17) is 4.52 Å². The van der Waals surface area contributed by atoms with Crippen LogP contribution in [0.15, 0.2) is 58.2 Å². The molecule has 0 saturated heterocycles. The maximum Gasteiger partial charge on any atom is 0.269 e. The molecule has 7 nitrogen and oxygen atoms in total. The Kier molecular flexibility index (Phi) is 4.72. The van der Waals surface area contributed by atoms with E-state index in [-0.39, 0.29) is 18.0 Å². The predicted octanol–water partition coefficient (Wildman–Crippen LogP) is 3.08. The normalized spacial score (nSPS) is 11.0. The van der Waals surface area contributed by atoms with Crippen LogP contribution in [0.1, 0.15) is 27.4 Å². The number of aromatic nitrogens is 3. The molecule has 4 rings (SSSR count). The first-order valence-electron chi connectivity index (χ1n) is 9.21. The van der Waals surface area contributed by atoms with Gasteiger partial charge in [-0.3, -0.25) is 9.59 Å². The van der Waals surface area contributed by atoms with Gasteiger partial charge in [0.15, 0.2) is 0 Å². The zero-order valence-electron chi connectivity index (χ0n) is 16.4. The fraction of sp³-hybridized carbons (Fsp3) is 0.182. The van der Waals surface area contributed by atoms with Crippen LogP contribution in [0.2, 0.25) is 0 Å². The van der Waals surface area contributed by atoms with E-state index in [2.05, 4.69) is 15.5 Å². The van der Waals surface area contributed by atoms with Crippen molar-refractivity contribution < 1.29 is 9.32 Å². The fourth-order valence-electron chi connectivity index (χ4n) is 3.33. The van der Waals surface area contributed by atoms with E-state index >= 15 is 0 Å². The zero-order valence-corrected chi connectivity index (χ0v) is 16.4. The van der Waals surface area contributed by atoms with E-state index in [1.165, 1.54) is 0 Å². The number of nitrogens with zero attached hydrogens (tertiary/aromatic N) is 3. The molecule has 0 atom stereocenters. The third-order valence-electron chi connectivity index (χ3n) is 4.97. The standard InChI is InChI=1S/C22H20N4O3/c1-13-4-6-17(24-20(13)21(27)23-3)11-26-9-8-16-10-15(5-7-18(16)22(26)28)19-12-29-25-14(19)2/h4-10,12H,11H2,1-3H3,(H,23,27). The SMILES string of the molecule is CNC(=O)c1nc(Cn2ccc3cc(-c4conc4C)ccc3c2=O)ccc1C. The minimum absolute atomic E-state index is 0.111. The van der Waals surface area contributed by atoms with Crippen LogP contribution < -0.4 is 10.9 Å². The Bertz CT molecular complexity index is 1290. The van der Waals surface area contributed by atoms with E-state index in [9.17, 15) is 9.59 Å². The van der Waals surface area contributed by atoms with Gasteiger partial charge in [-0.25, -0.2) is 4.98 Å². The van der Waals surface area contributed by atoms with Crippen molar-refractivity contribution in [1.82, 2.24) is 20.0 Å². The molecule has 0 unspecified atom stereocenters. The molecule has 0 spiro atoms. The average Bonchev–Trinajstić information content (AvgIpc) is 3.16. The molecular formula is C22H20N4O3. The number of benzene rings is 1. The van der Waals surface area contributed by atoms with E-state index in [1.54, 1.807) is 24.1 Å². The number of hydrogen-bond donors (Lipinski definition) is 1. The smallest absolute Gasteiger partial charge is 0.269 e. The van der Waals surface area contributed by atoms with Crippen LogP contribution in [-0.2, 0) is 6.54 Å². The minimum atomic E-state index is -0.244. The summed E-state index contributed by atoms with van der Waals surface area (Å²) in [5.74, 6) is -0.244. The molecule has 3 heterocycles. The van der Waals surface area contributed by atoms with Crippen LogP contribution in [-0.4, -0.2) is 27.7 Å². The van der Waals surface area contributed by atoms with E-state index in [1.807, 2.05) is 50.2 Å². The summed E-state index contributed by atoms with van der Waals surface area (Å²) in [5, 5.41) is 7.95. The molecular weight excluding hydrogens is 368 g/mol. The molecule has 4 aromatic rings. The molecule has 3 aromatic heterocycles. The number of hydrogen-bond acceptors (Lipinski definition) is 5. The lowest BCUT2D eigenvalue weighted by atomic mass is 10.0. The van der Waals surface area contributed by atoms with Crippen molar-refractivity contribution in [2.45, 2.75) is 20.4 Å². The lowest BCUT2D eigenvalue weighted by Gasteiger charge is -2.10. The van der Waals surface area contributed by atoms with E-state index in [0.717, 1.165) is 27.8 Å². The van der Waals surface area contributed by atoms with Crippen molar-refractivity contribution in [1.29, 1.82) is 0 Å². The number of pyridine rings is 2. The van der Waals surface area contributed by atoms with Crippen LogP contribution in [0.3, 0.4) is 0 Å². The molecule has 0 radical (unpaired) electrons. The highest BCUT2D eigenvalue weighted by Crippen LogP contribution is 2.25. The van der Waals surface area contributed by atoms with Crippen molar-refractivity contribution in [2.75, 3.05) is 7.05 Å². The molecule has 1 amide bonds. The molecule has 0 aliphatic heterocycles. The number of aryl methyl sites for hydroxylation is 2. The van der Waals surface area contributed by atoms with Gasteiger partial charge in [-0.2, -0.15) is 0 Å². The fourth-order valence-corrected chi connectivity index (χ4v) is 3.33. The third kappa shape index (κ3) is 3.42. The first kappa shape index (κ1) is 18.6. The Labute approximate surface area is 167 Å². The first-order chi connectivity index (χ1) is 14.0. The van der Waals surface area contributed by atoms with Crippen LogP contribution in [0.4, 0.5) is 0 Å². The molecule has 1 N–H and O–H groups in total. The quantitative estimate of drug-likeness (QED) is 0.580. The van der Waals surface area contributed by atoms with Gasteiger partial charge in [-0.15, -0.1) is 0 Å². The molecule has 0 aliphatic rings. The van der Waals surface area contributed by atoms with Gasteiger partial charge in [0.05, 0.1) is 17.9 Å². The van der Waals surface area contributed by atoms with Gasteiger partial charge in [-0.05, 0) is 54.6 Å². The molecule has 146 valence electrons. The first-order valence-corrected chi connectivity index (χ1v) is 9.21. The van der Waals surface area contributed by atoms with Crippen molar-refractivity contribution in [3.63, 3.8) is 0 Å². The highest BCUT2D eigenvalue weighted by molar-refractivity contribution is 5.93. The van der Waals surface area contributed by atoms with Crippen LogP contribution >= 0.6 is 0 Å². The van der Waals surface area contributed by atoms with Crippen molar-refractivity contribution >= 4 is 16.7 Å². The minimum Gasteiger partial charge on any atom is -0.364 e. The van der Waals surface area contributed by atoms with Crippen molar-refractivity contribution in [3.05, 3.63) is 81.9 Å². The Morgan fingerprint density at radius 3 is 2.72 bits per heavy atom. The van der Waals surface area contributed by atoms with Crippen LogP contribution in [0.25, 0.3) is 21.9 Å². The Balaban J connectivity index is 1.71. The van der Waals surface area contributed by atoms with E-state index < -0.39 is 0 Å². The molecule has 0 fully saturated rings. The molecule has 1 aromatic carbocycles. The summed E-state index contributed by atoms with van der Waals surface area (Å²) in [5.41, 5.74) is 4.34. The lowest BCUT2D eigenvalue weighted by molar-refractivity contribution is 0.0957. The highest BCUT2D eigenvalue weighted by atomic mass is 16.5. The summed E-state index contributed by atoms with van der Waals surface area (Å²) in [6.07, 6.45) is 3.35. The number of carbonyl (C=O) groups is 1. The number of fused-ring (bicyclic) bond motifs is 1. The number of rotatable bonds is 4. The van der Waals surface area contributed by atoms with Gasteiger partial charge in [-0.1, -0.05) is 17.3 Å². The maximum absolute atomic E-state index is 13.0.